The van der Waals surface area contributed by atoms with Crippen molar-refractivity contribution in [1.29, 1.82) is 0 Å². The normalized spacial score (nSPS) is 18.8. The number of anilines is 3. The molecule has 4 N–H and O–H groups in total. The van der Waals surface area contributed by atoms with Crippen LogP contribution in [0, 0.1) is 11.6 Å². The summed E-state index contributed by atoms with van der Waals surface area (Å²) in [6.45, 7) is 8.85. The van der Waals surface area contributed by atoms with Crippen LogP contribution in [0.2, 0.25) is 0 Å². The molecule has 1 saturated carbocycles. The maximum atomic E-state index is 15.1. The number of carbonyl (C=O) groups is 3. The Bertz CT molecular complexity index is 2500. The fraction of sp³-hybridized carbons (Fsp3) is 0.543. The Morgan fingerprint density at radius 3 is 2.28 bits per heavy atom. The van der Waals surface area contributed by atoms with Crippen LogP contribution in [0.4, 0.5) is 26.0 Å². The van der Waals surface area contributed by atoms with Crippen LogP contribution >= 0.6 is 0 Å². The summed E-state index contributed by atoms with van der Waals surface area (Å²) in [4.78, 5) is 61.2. The number of amides is 3. The average Bonchev–Trinajstić information content (AvgIpc) is 3.92. The maximum Gasteiger partial charge on any atom is 0.249 e. The standard InChI is InChI=1S/C46H57F2N13O4/c1-27(2)61-45-38(43(49)52-26-53-45)39(56-61)40-37(42(65-57-40)29-9-10-29)44-50-24-30(25-51-44)28-13-16-59(17-14-28)36(63)8-6-4-3-5-7-15-58-18-20-60(21-19-58)41-32(47)22-31(23-33(41)48)54-34-11-12-35(62)55-46(34)64/h22-29,34,54H,3-21H2,1-2H3,(H2,49,52,53)(H,55,62,64)/t34-/m1/s1. The first-order valence-corrected chi connectivity index (χ1v) is 23.2. The van der Waals surface area contributed by atoms with E-state index in [-0.39, 0.29) is 53.9 Å². The number of piperazine rings is 1. The molecule has 0 bridgehead atoms. The topological polar surface area (TPSA) is 206 Å². The Hall–Kier alpha value is -6.11. The lowest BCUT2D eigenvalue weighted by Crippen LogP contribution is -2.47. The zero-order valence-electron chi connectivity index (χ0n) is 37.1. The average molecular weight is 894 g/mol. The number of nitrogens with two attached hydrogens (primary N) is 1. The molecule has 17 nitrogen and oxygen atoms in total. The van der Waals surface area contributed by atoms with Gasteiger partial charge in [-0.15, -0.1) is 0 Å². The smallest absolute Gasteiger partial charge is 0.249 e. The zero-order valence-corrected chi connectivity index (χ0v) is 37.1. The number of piperidine rings is 2. The number of unbranched alkanes of at least 4 members (excludes halogenated alkanes) is 4. The lowest BCUT2D eigenvalue weighted by molar-refractivity contribution is -0.134. The Labute approximate surface area is 375 Å². The fourth-order valence-corrected chi connectivity index (χ4v) is 9.44. The third-order valence-corrected chi connectivity index (χ3v) is 13.3. The van der Waals surface area contributed by atoms with Crippen LogP contribution < -0.4 is 21.3 Å². The zero-order chi connectivity index (χ0) is 45.2. The van der Waals surface area contributed by atoms with E-state index >= 15 is 8.78 Å². The fourth-order valence-electron chi connectivity index (χ4n) is 9.44. The third kappa shape index (κ3) is 9.65. The highest BCUT2D eigenvalue weighted by Crippen LogP contribution is 2.48. The number of carbonyl (C=O) groups excluding carboxylic acids is 3. The van der Waals surface area contributed by atoms with Crippen LogP contribution in [0.15, 0.2) is 35.4 Å². The highest BCUT2D eigenvalue weighted by atomic mass is 19.1. The first-order valence-electron chi connectivity index (χ1n) is 23.2. The van der Waals surface area contributed by atoms with Crippen molar-refractivity contribution in [1.82, 2.24) is 50.0 Å². The minimum absolute atomic E-state index is 0.0327. The number of likely N-dealkylation sites (tertiary alicyclic amines) is 1. The molecule has 7 heterocycles. The summed E-state index contributed by atoms with van der Waals surface area (Å²) in [5.74, 6) is 0.132. The molecular weight excluding hydrogens is 837 g/mol. The molecule has 19 heteroatoms. The largest absolute Gasteiger partial charge is 0.383 e. The van der Waals surface area contributed by atoms with Crippen molar-refractivity contribution in [3.8, 4) is 22.8 Å². The number of nitrogens with zero attached hydrogens (tertiary/aromatic N) is 10. The number of nitrogens with one attached hydrogen (secondary N) is 2. The van der Waals surface area contributed by atoms with E-state index in [0.29, 0.717) is 79.8 Å². The second kappa shape index (κ2) is 19.2. The molecule has 1 aliphatic carbocycles. The van der Waals surface area contributed by atoms with Crippen molar-refractivity contribution in [2.24, 2.45) is 0 Å². The molecule has 1 aromatic carbocycles. The summed E-state index contributed by atoms with van der Waals surface area (Å²) in [5, 5.41) is 15.1. The van der Waals surface area contributed by atoms with Gasteiger partial charge in [-0.3, -0.25) is 24.6 Å². The van der Waals surface area contributed by atoms with Crippen molar-refractivity contribution in [3.63, 3.8) is 0 Å². The van der Waals surface area contributed by atoms with Gasteiger partial charge in [0.1, 0.15) is 35.3 Å². The van der Waals surface area contributed by atoms with Crippen molar-refractivity contribution >= 4 is 45.9 Å². The van der Waals surface area contributed by atoms with Gasteiger partial charge >= 0.3 is 0 Å². The Balaban J connectivity index is 0.687. The van der Waals surface area contributed by atoms with Crippen molar-refractivity contribution in [2.45, 2.75) is 115 Å². The highest BCUT2D eigenvalue weighted by Gasteiger charge is 2.36. The van der Waals surface area contributed by atoms with Gasteiger partial charge in [0.15, 0.2) is 28.9 Å². The van der Waals surface area contributed by atoms with Crippen LogP contribution in [0.3, 0.4) is 0 Å². The van der Waals surface area contributed by atoms with E-state index in [9.17, 15) is 14.4 Å². The lowest BCUT2D eigenvalue weighted by Gasteiger charge is -2.36. The number of rotatable bonds is 16. The van der Waals surface area contributed by atoms with E-state index in [1.165, 1.54) is 18.5 Å². The summed E-state index contributed by atoms with van der Waals surface area (Å²) >= 11 is 0. The number of nitrogen functional groups attached to an aromatic ring is 1. The van der Waals surface area contributed by atoms with Gasteiger partial charge < -0.3 is 25.4 Å². The first kappa shape index (κ1) is 44.1. The van der Waals surface area contributed by atoms with Crippen LogP contribution in [-0.2, 0) is 14.4 Å². The molecule has 1 atom stereocenters. The number of halogens is 2. The Morgan fingerprint density at radius 2 is 1.58 bits per heavy atom. The van der Waals surface area contributed by atoms with Gasteiger partial charge in [0, 0.05) is 82.2 Å². The first-order chi connectivity index (χ1) is 31.5. The number of fused-ring (bicyclic) bond motifs is 1. The monoisotopic (exact) mass is 893 g/mol. The van der Waals surface area contributed by atoms with E-state index in [0.717, 1.165) is 81.2 Å². The molecule has 4 aromatic heterocycles. The molecule has 9 rings (SSSR count). The highest BCUT2D eigenvalue weighted by molar-refractivity contribution is 6.02. The molecule has 0 radical (unpaired) electrons. The molecule has 3 aliphatic heterocycles. The van der Waals surface area contributed by atoms with E-state index in [4.69, 9.17) is 25.3 Å². The molecule has 0 spiro atoms. The Kier molecular flexibility index (Phi) is 13.0. The predicted octanol–water partition coefficient (Wildman–Crippen LogP) is 6.34. The summed E-state index contributed by atoms with van der Waals surface area (Å²) in [5.41, 5.74) is 9.99. The van der Waals surface area contributed by atoms with Crippen LogP contribution in [0.1, 0.15) is 120 Å². The van der Waals surface area contributed by atoms with Crippen LogP contribution in [0.5, 0.6) is 0 Å². The van der Waals surface area contributed by atoms with Gasteiger partial charge in [-0.2, -0.15) is 5.10 Å². The van der Waals surface area contributed by atoms with E-state index in [2.05, 4.69) is 30.7 Å². The second-order valence-corrected chi connectivity index (χ2v) is 18.2. The molecule has 4 fully saturated rings. The van der Waals surface area contributed by atoms with Crippen molar-refractivity contribution in [3.05, 3.63) is 53.8 Å². The Morgan fingerprint density at radius 1 is 0.877 bits per heavy atom. The number of benzene rings is 1. The van der Waals surface area contributed by atoms with Gasteiger partial charge in [-0.1, -0.05) is 24.4 Å². The molecule has 0 unspecified atom stereocenters. The third-order valence-electron chi connectivity index (χ3n) is 13.3. The molecule has 3 amide bonds. The number of hydrogen-bond acceptors (Lipinski definition) is 14. The van der Waals surface area contributed by atoms with Gasteiger partial charge in [0.25, 0.3) is 0 Å². The number of hydrogen-bond donors (Lipinski definition) is 3. The van der Waals surface area contributed by atoms with E-state index in [1.807, 2.05) is 35.8 Å². The van der Waals surface area contributed by atoms with Gasteiger partial charge in [-0.25, -0.2) is 33.4 Å². The molecule has 344 valence electrons. The molecule has 65 heavy (non-hydrogen) atoms. The van der Waals surface area contributed by atoms with Gasteiger partial charge in [0.2, 0.25) is 17.7 Å². The minimum Gasteiger partial charge on any atom is -0.383 e. The summed E-state index contributed by atoms with van der Waals surface area (Å²) < 4.78 is 38.1. The summed E-state index contributed by atoms with van der Waals surface area (Å²) in [7, 11) is 0. The van der Waals surface area contributed by atoms with Gasteiger partial charge in [-0.05, 0) is 89.0 Å². The van der Waals surface area contributed by atoms with Crippen molar-refractivity contribution < 1.29 is 27.7 Å². The van der Waals surface area contributed by atoms with E-state index < -0.39 is 23.6 Å². The molecule has 3 saturated heterocycles. The van der Waals surface area contributed by atoms with E-state index in [1.54, 1.807) is 4.90 Å². The SMILES string of the molecule is CC(C)n1nc(-c2noc(C3CC3)c2-c2ncc(C3CCN(C(=O)CCCCCCCN4CCN(c5c(F)cc(N[C@@H]6CCC(=O)NC6=O)cc5F)CC4)CC3)cn2)c2c(N)ncnc21. The quantitative estimate of drug-likeness (QED) is 0.0730. The molecule has 5 aromatic rings. The van der Waals surface area contributed by atoms with Crippen LogP contribution in [-0.4, -0.2) is 114 Å². The second-order valence-electron chi connectivity index (χ2n) is 18.2. The van der Waals surface area contributed by atoms with Crippen LogP contribution in [0.25, 0.3) is 33.8 Å². The number of aromatic nitrogens is 7. The molecular formula is C46H57F2N13O4. The van der Waals surface area contributed by atoms with Crippen molar-refractivity contribution in [2.75, 3.05) is 61.8 Å². The maximum absolute atomic E-state index is 15.1. The lowest BCUT2D eigenvalue weighted by atomic mass is 9.91. The number of imide groups is 1. The van der Waals surface area contributed by atoms with Gasteiger partial charge in [0.05, 0.1) is 10.9 Å². The summed E-state index contributed by atoms with van der Waals surface area (Å²) in [6, 6.07) is 1.74. The predicted molar refractivity (Wildman–Crippen MR) is 240 cm³/mol. The summed E-state index contributed by atoms with van der Waals surface area (Å²) in [6.07, 6.45) is 15.0. The minimum atomic E-state index is -0.718. The molecule has 4 aliphatic rings.